The van der Waals surface area contributed by atoms with E-state index in [0.717, 1.165) is 11.1 Å². The molecule has 14 heteroatoms. The number of thioether (sulfide) groups is 1. The molecule has 0 radical (unpaired) electrons. The second-order valence-corrected chi connectivity index (χ2v) is 10.0. The van der Waals surface area contributed by atoms with Crippen LogP contribution in [0.15, 0.2) is 52.4 Å². The fraction of sp³-hybridized carbons (Fsp3) is 0.261. The number of fused-ring (bicyclic) bond motifs is 1. The smallest absolute Gasteiger partial charge is 0.352 e. The summed E-state index contributed by atoms with van der Waals surface area (Å²) in [7, 11) is 1.30. The lowest BCUT2D eigenvalue weighted by molar-refractivity contribution is -0.689. The first-order valence-corrected chi connectivity index (χ1v) is 12.7. The maximum Gasteiger partial charge on any atom is 0.352 e. The third-order valence-electron chi connectivity index (χ3n) is 5.68. The van der Waals surface area contributed by atoms with Crippen LogP contribution in [0, 0.1) is 11.5 Å². The zero-order chi connectivity index (χ0) is 26.7. The Bertz CT molecular complexity index is 1380. The standard InChI is InChI=1S/C23H20N6O6S2/c1-12(27-35-2)19(30)26-17-21(32)29-18(23(33)34)15(10-37-22(17)29)8-28-5-3-13(4-6-28)14-7-16(36-9-14)20(31)25-11-24/h3-7,9,17,22H,8,10H2,1-2H3,(H2-,25,26,30,31,33,34)/p+1/b27-12+. The molecule has 4 heterocycles. The summed E-state index contributed by atoms with van der Waals surface area (Å²) in [6.45, 7) is 1.70. The van der Waals surface area contributed by atoms with Gasteiger partial charge < -0.3 is 15.3 Å². The number of carbonyl (C=O) groups is 4. The van der Waals surface area contributed by atoms with Crippen molar-refractivity contribution in [3.63, 3.8) is 0 Å². The molecule has 37 heavy (non-hydrogen) atoms. The van der Waals surface area contributed by atoms with E-state index in [1.165, 1.54) is 42.0 Å². The summed E-state index contributed by atoms with van der Waals surface area (Å²) in [6, 6.07) is 4.50. The molecule has 0 aromatic carbocycles. The van der Waals surface area contributed by atoms with Crippen molar-refractivity contribution in [2.45, 2.75) is 24.9 Å². The number of nitrogens with zero attached hydrogens (tertiary/aromatic N) is 4. The number of oxime groups is 1. The minimum atomic E-state index is -1.21. The summed E-state index contributed by atoms with van der Waals surface area (Å²) >= 11 is 2.60. The number of carbonyl (C=O) groups excluding carboxylic acids is 3. The lowest BCUT2D eigenvalue weighted by Crippen LogP contribution is -2.71. The Morgan fingerprint density at radius 3 is 2.70 bits per heavy atom. The van der Waals surface area contributed by atoms with Crippen molar-refractivity contribution in [2.75, 3.05) is 12.9 Å². The Kier molecular flexibility index (Phi) is 7.55. The van der Waals surface area contributed by atoms with Crippen molar-refractivity contribution in [3.8, 4) is 17.3 Å². The van der Waals surface area contributed by atoms with Gasteiger partial charge in [0.05, 0.1) is 4.88 Å². The van der Waals surface area contributed by atoms with Crippen molar-refractivity contribution in [1.29, 1.82) is 5.26 Å². The van der Waals surface area contributed by atoms with Gasteiger partial charge in [0, 0.05) is 23.5 Å². The summed E-state index contributed by atoms with van der Waals surface area (Å²) in [5.41, 5.74) is 2.19. The first-order valence-electron chi connectivity index (χ1n) is 10.8. The maximum atomic E-state index is 12.8. The third kappa shape index (κ3) is 5.18. The molecule has 12 nitrogen and oxygen atoms in total. The number of rotatable bonds is 8. The molecule has 0 bridgehead atoms. The second-order valence-electron chi connectivity index (χ2n) is 8.00. The van der Waals surface area contributed by atoms with Crippen molar-refractivity contribution in [1.82, 2.24) is 15.5 Å². The van der Waals surface area contributed by atoms with Crippen molar-refractivity contribution in [3.05, 3.63) is 52.1 Å². The van der Waals surface area contributed by atoms with Crippen LogP contribution in [-0.4, -0.2) is 63.7 Å². The molecular formula is C23H21N6O6S2+. The highest BCUT2D eigenvalue weighted by Gasteiger charge is 2.54. The van der Waals surface area contributed by atoms with Gasteiger partial charge in [0.15, 0.2) is 25.1 Å². The van der Waals surface area contributed by atoms with Crippen LogP contribution in [0.4, 0.5) is 0 Å². The van der Waals surface area contributed by atoms with E-state index in [1.807, 2.05) is 17.5 Å². The molecule has 0 saturated carbocycles. The predicted octanol–water partition coefficient (Wildman–Crippen LogP) is 0.674. The van der Waals surface area contributed by atoms with Gasteiger partial charge >= 0.3 is 5.97 Å². The molecule has 1 fully saturated rings. The lowest BCUT2D eigenvalue weighted by Gasteiger charge is -2.49. The number of nitriles is 1. The highest BCUT2D eigenvalue weighted by Crippen LogP contribution is 2.40. The third-order valence-corrected chi connectivity index (χ3v) is 7.95. The summed E-state index contributed by atoms with van der Waals surface area (Å²) < 4.78 is 1.80. The van der Waals surface area contributed by atoms with Crippen molar-refractivity contribution in [2.24, 2.45) is 5.16 Å². The molecule has 3 N–H and O–H groups in total. The van der Waals surface area contributed by atoms with E-state index < -0.39 is 35.1 Å². The summed E-state index contributed by atoms with van der Waals surface area (Å²) in [4.78, 5) is 55.1. The van der Waals surface area contributed by atoms with Crippen LogP contribution in [0.1, 0.15) is 16.6 Å². The van der Waals surface area contributed by atoms with Gasteiger partial charge in [-0.1, -0.05) is 5.16 Å². The van der Waals surface area contributed by atoms with E-state index in [4.69, 9.17) is 5.26 Å². The van der Waals surface area contributed by atoms with Gasteiger partial charge in [-0.3, -0.25) is 24.6 Å². The van der Waals surface area contributed by atoms with E-state index in [1.54, 1.807) is 29.2 Å². The zero-order valence-corrected chi connectivity index (χ0v) is 21.3. The lowest BCUT2D eigenvalue weighted by atomic mass is 10.0. The number of nitrogens with one attached hydrogen (secondary N) is 2. The molecule has 2 aliphatic rings. The highest BCUT2D eigenvalue weighted by atomic mass is 32.2. The molecule has 190 valence electrons. The summed E-state index contributed by atoms with van der Waals surface area (Å²) in [5, 5.41) is 28.0. The second kappa shape index (κ2) is 10.8. The number of hydrogen-bond acceptors (Lipinski definition) is 9. The SMILES string of the molecule is CO/N=C(\C)C(=O)NC1C(=O)N2C(C(=O)O)=C(C[n+]3ccc(-c4csc(C(=O)NC#N)c4)cc3)CSC12. The number of β-lactam (4-membered cyclic amide) rings is 1. The monoisotopic (exact) mass is 541 g/mol. The molecule has 2 atom stereocenters. The Hall–Kier alpha value is -4.22. The van der Waals surface area contributed by atoms with Gasteiger partial charge in [-0.15, -0.1) is 23.1 Å². The number of aliphatic carboxylic acids is 1. The highest BCUT2D eigenvalue weighted by molar-refractivity contribution is 8.00. The topological polar surface area (TPSA) is 165 Å². The van der Waals surface area contributed by atoms with Crippen LogP contribution in [0.2, 0.25) is 0 Å². The summed E-state index contributed by atoms with van der Waals surface area (Å²) in [6.07, 6.45) is 5.17. The molecule has 0 spiro atoms. The fourth-order valence-corrected chi connectivity index (χ4v) is 6.07. The van der Waals surface area contributed by atoms with Crippen LogP contribution in [-0.2, 0) is 25.8 Å². The first-order chi connectivity index (χ1) is 17.7. The number of thiophene rings is 1. The minimum absolute atomic E-state index is 0.0493. The van der Waals surface area contributed by atoms with Gasteiger partial charge in [-0.05, 0) is 29.5 Å². The Labute approximate surface area is 219 Å². The van der Waals surface area contributed by atoms with E-state index in [0.29, 0.717) is 16.2 Å². The average molecular weight is 542 g/mol. The van der Waals surface area contributed by atoms with E-state index in [2.05, 4.69) is 20.6 Å². The number of aromatic nitrogens is 1. The molecule has 2 aromatic rings. The molecule has 3 amide bonds. The molecule has 1 saturated heterocycles. The van der Waals surface area contributed by atoms with E-state index in [9.17, 15) is 24.3 Å². The van der Waals surface area contributed by atoms with Gasteiger partial charge in [0.2, 0.25) is 0 Å². The first kappa shape index (κ1) is 25.9. The average Bonchev–Trinajstić information content (AvgIpc) is 3.38. The van der Waals surface area contributed by atoms with Crippen LogP contribution in [0.25, 0.3) is 11.1 Å². The quantitative estimate of drug-likeness (QED) is 0.110. The van der Waals surface area contributed by atoms with Crippen molar-refractivity contribution < 1.29 is 33.7 Å². The number of carboxylic acid groups (broad SMARTS) is 1. The fourth-order valence-electron chi connectivity index (χ4n) is 3.92. The maximum absolute atomic E-state index is 12.8. The Balaban J connectivity index is 1.48. The predicted molar refractivity (Wildman–Crippen MR) is 133 cm³/mol. The number of amides is 3. The minimum Gasteiger partial charge on any atom is -0.477 e. The zero-order valence-electron chi connectivity index (χ0n) is 19.6. The van der Waals surface area contributed by atoms with Crippen molar-refractivity contribution >= 4 is 52.5 Å². The molecule has 0 aliphatic carbocycles. The largest absolute Gasteiger partial charge is 0.477 e. The van der Waals surface area contributed by atoms with Crippen LogP contribution in [0.5, 0.6) is 0 Å². The van der Waals surface area contributed by atoms with E-state index in [-0.39, 0.29) is 18.0 Å². The number of pyridine rings is 1. The van der Waals surface area contributed by atoms with Crippen LogP contribution < -0.4 is 15.2 Å². The summed E-state index contributed by atoms with van der Waals surface area (Å²) in [5.74, 6) is -2.38. The van der Waals surface area contributed by atoms with Gasteiger partial charge in [0.25, 0.3) is 17.7 Å². The van der Waals surface area contributed by atoms with E-state index >= 15 is 0 Å². The Morgan fingerprint density at radius 2 is 2.05 bits per heavy atom. The van der Waals surface area contributed by atoms with Crippen LogP contribution >= 0.6 is 23.1 Å². The molecule has 2 aliphatic heterocycles. The van der Waals surface area contributed by atoms with Gasteiger partial charge in [-0.25, -0.2) is 9.36 Å². The number of hydrogen-bond donors (Lipinski definition) is 3. The van der Waals surface area contributed by atoms with Crippen LogP contribution in [0.3, 0.4) is 0 Å². The molecule has 2 aromatic heterocycles. The number of carboxylic acids is 1. The molecule has 4 rings (SSSR count). The Morgan fingerprint density at radius 1 is 1.32 bits per heavy atom. The normalized spacial score (nSPS) is 18.9. The van der Waals surface area contributed by atoms with Gasteiger partial charge in [-0.2, -0.15) is 5.26 Å². The molecule has 2 unspecified atom stereocenters. The molecular weight excluding hydrogens is 520 g/mol. The van der Waals surface area contributed by atoms with Gasteiger partial charge in [0.1, 0.15) is 29.9 Å².